The molecule has 0 spiro atoms. The quantitative estimate of drug-likeness (QED) is 0.705. The third-order valence-corrected chi connectivity index (χ3v) is 3.71. The maximum atomic E-state index is 11.8. The van der Waals surface area contributed by atoms with E-state index in [0.29, 0.717) is 0 Å². The van der Waals surface area contributed by atoms with Gasteiger partial charge in [-0.05, 0) is 18.8 Å². The number of urea groups is 1. The first-order valence-electron chi connectivity index (χ1n) is 6.84. The minimum atomic E-state index is -0.969. The topological polar surface area (TPSA) is 78.4 Å². The molecule has 1 rings (SSSR count). The fourth-order valence-corrected chi connectivity index (χ4v) is 2.30. The largest absolute Gasteiger partial charge is 0.480 e. The molecule has 0 heterocycles. The Balaban J connectivity index is 2.42. The highest BCUT2D eigenvalue weighted by molar-refractivity contribution is 5.82. The van der Waals surface area contributed by atoms with Gasteiger partial charge in [0.25, 0.3) is 0 Å². The molecule has 1 fully saturated rings. The molecule has 1 unspecified atom stereocenters. The van der Waals surface area contributed by atoms with E-state index in [1.807, 2.05) is 13.8 Å². The van der Waals surface area contributed by atoms with Crippen LogP contribution in [-0.4, -0.2) is 29.2 Å². The molecule has 0 aromatic carbocycles. The van der Waals surface area contributed by atoms with E-state index in [4.69, 9.17) is 5.11 Å². The number of carbonyl (C=O) groups is 2. The molecular weight excluding hydrogens is 232 g/mol. The van der Waals surface area contributed by atoms with Crippen molar-refractivity contribution < 1.29 is 14.7 Å². The summed E-state index contributed by atoms with van der Waals surface area (Å²) in [5, 5.41) is 14.5. The summed E-state index contributed by atoms with van der Waals surface area (Å²) in [6.45, 7) is 3.75. The Morgan fingerprint density at radius 3 is 2.39 bits per heavy atom. The Labute approximate surface area is 108 Å². The standard InChI is InChI=1S/C13H24N2O3/c1-3-9(2)11(12(16)17)15-13(18)14-10-7-5-4-6-8-10/h9-11H,3-8H2,1-2H3,(H,16,17)(H2,14,15,18)/t9?,11-/m1/s1. The van der Waals surface area contributed by atoms with Gasteiger partial charge in [-0.25, -0.2) is 9.59 Å². The summed E-state index contributed by atoms with van der Waals surface area (Å²) in [6.07, 6.45) is 6.21. The van der Waals surface area contributed by atoms with Crippen molar-refractivity contribution in [1.29, 1.82) is 0 Å². The van der Waals surface area contributed by atoms with Crippen molar-refractivity contribution >= 4 is 12.0 Å². The van der Waals surface area contributed by atoms with Crippen LogP contribution in [0.15, 0.2) is 0 Å². The molecule has 0 radical (unpaired) electrons. The Bertz CT molecular complexity index is 288. The number of carbonyl (C=O) groups excluding carboxylic acids is 1. The second-order valence-electron chi connectivity index (χ2n) is 5.15. The van der Waals surface area contributed by atoms with Crippen molar-refractivity contribution in [3.05, 3.63) is 0 Å². The van der Waals surface area contributed by atoms with Gasteiger partial charge in [-0.3, -0.25) is 0 Å². The van der Waals surface area contributed by atoms with Gasteiger partial charge >= 0.3 is 12.0 Å². The van der Waals surface area contributed by atoms with E-state index in [1.54, 1.807) is 0 Å². The van der Waals surface area contributed by atoms with Gasteiger partial charge in [-0.1, -0.05) is 39.5 Å². The maximum absolute atomic E-state index is 11.8. The van der Waals surface area contributed by atoms with Crippen molar-refractivity contribution in [2.75, 3.05) is 0 Å². The fraction of sp³-hybridized carbons (Fsp3) is 0.846. The first kappa shape index (κ1) is 14.8. The second kappa shape index (κ2) is 7.24. The zero-order valence-corrected chi connectivity index (χ0v) is 11.2. The SMILES string of the molecule is CCC(C)[C@@H](NC(=O)NC1CCCCC1)C(=O)O. The van der Waals surface area contributed by atoms with Crippen LogP contribution in [0.4, 0.5) is 4.79 Å². The number of hydrogen-bond donors (Lipinski definition) is 3. The molecule has 5 heteroatoms. The minimum Gasteiger partial charge on any atom is -0.480 e. The molecule has 0 aliphatic heterocycles. The highest BCUT2D eigenvalue weighted by Crippen LogP contribution is 2.17. The summed E-state index contributed by atoms with van der Waals surface area (Å²) in [6, 6.07) is -0.960. The number of nitrogens with one attached hydrogen (secondary N) is 2. The van der Waals surface area contributed by atoms with Crippen LogP contribution in [0.2, 0.25) is 0 Å². The van der Waals surface area contributed by atoms with E-state index in [-0.39, 0.29) is 18.0 Å². The van der Waals surface area contributed by atoms with Crippen LogP contribution in [-0.2, 0) is 4.79 Å². The molecule has 1 aliphatic carbocycles. The first-order valence-corrected chi connectivity index (χ1v) is 6.84. The van der Waals surface area contributed by atoms with Crippen molar-refractivity contribution in [3.63, 3.8) is 0 Å². The number of carboxylic acid groups (broad SMARTS) is 1. The molecule has 1 saturated carbocycles. The van der Waals surface area contributed by atoms with Crippen molar-refractivity contribution in [2.24, 2.45) is 5.92 Å². The van der Waals surface area contributed by atoms with Crippen LogP contribution in [0.1, 0.15) is 52.4 Å². The summed E-state index contributed by atoms with van der Waals surface area (Å²) in [5.41, 5.74) is 0. The minimum absolute atomic E-state index is 0.0698. The van der Waals surface area contributed by atoms with E-state index in [2.05, 4.69) is 10.6 Å². The first-order chi connectivity index (χ1) is 8.54. The number of hydrogen-bond acceptors (Lipinski definition) is 2. The molecule has 2 amide bonds. The van der Waals surface area contributed by atoms with E-state index in [0.717, 1.165) is 32.1 Å². The Kier molecular flexibility index (Phi) is 5.95. The molecule has 0 bridgehead atoms. The molecule has 5 nitrogen and oxygen atoms in total. The lowest BCUT2D eigenvalue weighted by molar-refractivity contribution is -0.140. The third kappa shape index (κ3) is 4.55. The van der Waals surface area contributed by atoms with E-state index in [9.17, 15) is 9.59 Å². The van der Waals surface area contributed by atoms with Crippen LogP contribution in [0.5, 0.6) is 0 Å². The zero-order valence-electron chi connectivity index (χ0n) is 11.2. The van der Waals surface area contributed by atoms with Gasteiger partial charge in [0.15, 0.2) is 0 Å². The lowest BCUT2D eigenvalue weighted by Gasteiger charge is -2.25. The van der Waals surface area contributed by atoms with Crippen molar-refractivity contribution in [1.82, 2.24) is 10.6 Å². The molecule has 2 atom stereocenters. The van der Waals surface area contributed by atoms with Gasteiger partial charge in [0.05, 0.1) is 0 Å². The molecule has 18 heavy (non-hydrogen) atoms. The van der Waals surface area contributed by atoms with Crippen molar-refractivity contribution in [3.8, 4) is 0 Å². The molecule has 0 saturated heterocycles. The average molecular weight is 256 g/mol. The number of carboxylic acids is 1. The summed E-state index contributed by atoms with van der Waals surface area (Å²) < 4.78 is 0. The van der Waals surface area contributed by atoms with Gasteiger partial charge in [-0.2, -0.15) is 0 Å². The number of rotatable bonds is 5. The fourth-order valence-electron chi connectivity index (χ4n) is 2.30. The lowest BCUT2D eigenvalue weighted by atomic mass is 9.95. The van der Waals surface area contributed by atoms with Gasteiger partial charge in [0, 0.05) is 6.04 Å². The monoisotopic (exact) mass is 256 g/mol. The van der Waals surface area contributed by atoms with Gasteiger partial charge < -0.3 is 15.7 Å². The average Bonchev–Trinajstić information content (AvgIpc) is 2.36. The van der Waals surface area contributed by atoms with Crippen molar-refractivity contribution in [2.45, 2.75) is 64.5 Å². The van der Waals surface area contributed by atoms with Gasteiger partial charge in [-0.15, -0.1) is 0 Å². The summed E-state index contributed by atoms with van der Waals surface area (Å²) in [7, 11) is 0. The third-order valence-electron chi connectivity index (χ3n) is 3.71. The van der Waals surface area contributed by atoms with E-state index < -0.39 is 12.0 Å². The van der Waals surface area contributed by atoms with E-state index >= 15 is 0 Å². The lowest BCUT2D eigenvalue weighted by Crippen LogP contribution is -2.51. The second-order valence-corrected chi connectivity index (χ2v) is 5.15. The Hall–Kier alpha value is -1.26. The summed E-state index contributed by atoms with van der Waals surface area (Å²) in [5.74, 6) is -1.04. The smallest absolute Gasteiger partial charge is 0.326 e. The van der Waals surface area contributed by atoms with Gasteiger partial charge in [0.2, 0.25) is 0 Å². The Morgan fingerprint density at radius 1 is 1.28 bits per heavy atom. The van der Waals surface area contributed by atoms with Gasteiger partial charge in [0.1, 0.15) is 6.04 Å². The summed E-state index contributed by atoms with van der Waals surface area (Å²) in [4.78, 5) is 22.8. The zero-order chi connectivity index (χ0) is 13.5. The molecule has 0 aromatic rings. The Morgan fingerprint density at radius 2 is 1.89 bits per heavy atom. The predicted octanol–water partition coefficient (Wildman–Crippen LogP) is 2.12. The summed E-state index contributed by atoms with van der Waals surface area (Å²) >= 11 is 0. The highest BCUT2D eigenvalue weighted by Gasteiger charge is 2.26. The molecule has 0 aromatic heterocycles. The van der Waals surface area contributed by atoms with Crippen LogP contribution in [0.3, 0.4) is 0 Å². The molecular formula is C13H24N2O3. The van der Waals surface area contributed by atoms with Crippen LogP contribution < -0.4 is 10.6 Å². The number of aliphatic carboxylic acids is 1. The molecule has 3 N–H and O–H groups in total. The highest BCUT2D eigenvalue weighted by atomic mass is 16.4. The van der Waals surface area contributed by atoms with Crippen LogP contribution in [0.25, 0.3) is 0 Å². The number of amides is 2. The molecule has 1 aliphatic rings. The van der Waals surface area contributed by atoms with Crippen LogP contribution in [0, 0.1) is 5.92 Å². The maximum Gasteiger partial charge on any atom is 0.326 e. The van der Waals surface area contributed by atoms with Crippen LogP contribution >= 0.6 is 0 Å². The van der Waals surface area contributed by atoms with E-state index in [1.165, 1.54) is 6.42 Å². The molecule has 104 valence electrons. The predicted molar refractivity (Wildman–Crippen MR) is 69.4 cm³/mol. The normalized spacial score (nSPS) is 19.9.